The zero-order chi connectivity index (χ0) is 14.0. The molecule has 0 radical (unpaired) electrons. The summed E-state index contributed by atoms with van der Waals surface area (Å²) in [4.78, 5) is 16.9. The van der Waals surface area contributed by atoms with Gasteiger partial charge in [-0.05, 0) is 31.9 Å². The number of carboxylic acid groups (broad SMARTS) is 1. The van der Waals surface area contributed by atoms with E-state index in [4.69, 9.17) is 11.6 Å². The normalized spacial score (nSPS) is 12.4. The van der Waals surface area contributed by atoms with Crippen molar-refractivity contribution < 1.29 is 9.90 Å². The molecule has 0 aliphatic heterocycles. The molecule has 0 amide bonds. The smallest absolute Gasteiger partial charge is 0.313 e. The van der Waals surface area contributed by atoms with Crippen molar-refractivity contribution in [3.05, 3.63) is 50.4 Å². The van der Waals surface area contributed by atoms with Crippen molar-refractivity contribution in [1.82, 2.24) is 4.98 Å². The van der Waals surface area contributed by atoms with Gasteiger partial charge in [0.2, 0.25) is 0 Å². The first-order chi connectivity index (χ1) is 8.99. The van der Waals surface area contributed by atoms with E-state index in [1.54, 1.807) is 6.07 Å². The van der Waals surface area contributed by atoms with Crippen LogP contribution in [0, 0.1) is 13.8 Å². The molecular weight excluding hydrogens is 282 g/mol. The molecule has 1 heterocycles. The van der Waals surface area contributed by atoms with Crippen LogP contribution in [-0.2, 0) is 11.2 Å². The number of aromatic nitrogens is 1. The Bertz CT molecular complexity index is 590. The lowest BCUT2D eigenvalue weighted by Gasteiger charge is -2.10. The average Bonchev–Trinajstić information content (AvgIpc) is 2.68. The molecule has 100 valence electrons. The topological polar surface area (TPSA) is 50.2 Å². The van der Waals surface area contributed by atoms with Crippen LogP contribution < -0.4 is 0 Å². The molecule has 19 heavy (non-hydrogen) atoms. The van der Waals surface area contributed by atoms with E-state index in [1.807, 2.05) is 32.0 Å². The lowest BCUT2D eigenvalue weighted by Crippen LogP contribution is -2.14. The Morgan fingerprint density at radius 2 is 2.11 bits per heavy atom. The van der Waals surface area contributed by atoms with Gasteiger partial charge in [-0.3, -0.25) is 4.79 Å². The van der Waals surface area contributed by atoms with Gasteiger partial charge in [0.25, 0.3) is 0 Å². The van der Waals surface area contributed by atoms with Gasteiger partial charge in [0, 0.05) is 9.90 Å². The van der Waals surface area contributed by atoms with Crippen LogP contribution in [0.5, 0.6) is 0 Å². The second kappa shape index (κ2) is 5.72. The fourth-order valence-corrected chi connectivity index (χ4v) is 3.04. The Kier molecular flexibility index (Phi) is 4.22. The number of carboxylic acids is 1. The minimum Gasteiger partial charge on any atom is -0.481 e. The minimum absolute atomic E-state index is 0.363. The fraction of sp³-hybridized carbons (Fsp3) is 0.286. The van der Waals surface area contributed by atoms with Gasteiger partial charge in [-0.25, -0.2) is 4.98 Å². The van der Waals surface area contributed by atoms with Crippen LogP contribution in [0.3, 0.4) is 0 Å². The van der Waals surface area contributed by atoms with E-state index in [1.165, 1.54) is 11.3 Å². The van der Waals surface area contributed by atoms with E-state index < -0.39 is 11.9 Å². The molecule has 0 saturated carbocycles. The first-order valence-corrected chi connectivity index (χ1v) is 7.08. The molecule has 3 nitrogen and oxygen atoms in total. The third-order valence-corrected chi connectivity index (χ3v) is 4.58. The standard InChI is InChI=1S/C14H14ClNO2S/c1-8-9(2)19-13(16-8)11(14(17)18)7-10-5-3-4-6-12(10)15/h3-6,11H,7H2,1-2H3,(H,17,18). The molecule has 1 unspecified atom stereocenters. The summed E-state index contributed by atoms with van der Waals surface area (Å²) in [5.41, 5.74) is 1.73. The zero-order valence-corrected chi connectivity index (χ0v) is 12.3. The number of hydrogen-bond acceptors (Lipinski definition) is 3. The summed E-state index contributed by atoms with van der Waals surface area (Å²) in [6.07, 6.45) is 0.363. The predicted octanol–water partition coefficient (Wildman–Crippen LogP) is 3.82. The van der Waals surface area contributed by atoms with Crippen molar-refractivity contribution in [3.8, 4) is 0 Å². The van der Waals surface area contributed by atoms with Gasteiger partial charge in [0.1, 0.15) is 10.9 Å². The molecule has 0 aliphatic carbocycles. The number of benzene rings is 1. The quantitative estimate of drug-likeness (QED) is 0.933. The van der Waals surface area contributed by atoms with Crippen molar-refractivity contribution in [3.63, 3.8) is 0 Å². The lowest BCUT2D eigenvalue weighted by molar-refractivity contribution is -0.138. The van der Waals surface area contributed by atoms with E-state index in [2.05, 4.69) is 4.98 Å². The van der Waals surface area contributed by atoms with E-state index in [9.17, 15) is 9.90 Å². The number of hydrogen-bond donors (Lipinski definition) is 1. The number of thiazole rings is 1. The van der Waals surface area contributed by atoms with Crippen molar-refractivity contribution in [2.24, 2.45) is 0 Å². The molecule has 1 atom stereocenters. The summed E-state index contributed by atoms with van der Waals surface area (Å²) < 4.78 is 0. The van der Waals surface area contributed by atoms with E-state index >= 15 is 0 Å². The monoisotopic (exact) mass is 295 g/mol. The van der Waals surface area contributed by atoms with Crippen molar-refractivity contribution in [2.45, 2.75) is 26.2 Å². The summed E-state index contributed by atoms with van der Waals surface area (Å²) in [7, 11) is 0. The Labute approximate surface area is 120 Å². The Balaban J connectivity index is 2.32. The summed E-state index contributed by atoms with van der Waals surface area (Å²) >= 11 is 7.53. The Morgan fingerprint density at radius 3 is 2.63 bits per heavy atom. The second-order valence-electron chi connectivity index (χ2n) is 4.38. The predicted molar refractivity (Wildman–Crippen MR) is 77.1 cm³/mol. The van der Waals surface area contributed by atoms with Crippen molar-refractivity contribution in [2.75, 3.05) is 0 Å². The highest BCUT2D eigenvalue weighted by Crippen LogP contribution is 2.29. The molecule has 0 spiro atoms. The van der Waals surface area contributed by atoms with Crippen LogP contribution in [0.25, 0.3) is 0 Å². The molecule has 2 aromatic rings. The summed E-state index contributed by atoms with van der Waals surface area (Å²) in [5.74, 6) is -1.51. The van der Waals surface area contributed by atoms with Gasteiger partial charge in [-0.1, -0.05) is 29.8 Å². The highest BCUT2D eigenvalue weighted by molar-refractivity contribution is 7.11. The first-order valence-electron chi connectivity index (χ1n) is 5.89. The number of aryl methyl sites for hydroxylation is 2. The van der Waals surface area contributed by atoms with E-state index in [-0.39, 0.29) is 0 Å². The maximum Gasteiger partial charge on any atom is 0.313 e. The van der Waals surface area contributed by atoms with Crippen LogP contribution in [0.4, 0.5) is 0 Å². The van der Waals surface area contributed by atoms with Crippen LogP contribution >= 0.6 is 22.9 Å². The molecule has 5 heteroatoms. The van der Waals surface area contributed by atoms with Gasteiger partial charge in [-0.15, -0.1) is 11.3 Å². The highest BCUT2D eigenvalue weighted by atomic mass is 35.5. The number of nitrogens with zero attached hydrogens (tertiary/aromatic N) is 1. The van der Waals surface area contributed by atoms with Crippen molar-refractivity contribution in [1.29, 1.82) is 0 Å². The largest absolute Gasteiger partial charge is 0.481 e. The zero-order valence-electron chi connectivity index (χ0n) is 10.7. The molecule has 0 bridgehead atoms. The van der Waals surface area contributed by atoms with Crippen molar-refractivity contribution >= 4 is 28.9 Å². The molecule has 1 aromatic carbocycles. The fourth-order valence-electron chi connectivity index (χ4n) is 1.81. The summed E-state index contributed by atoms with van der Waals surface area (Å²) in [5, 5.41) is 10.6. The summed E-state index contributed by atoms with van der Waals surface area (Å²) in [6.45, 7) is 3.84. The Hall–Kier alpha value is -1.39. The lowest BCUT2D eigenvalue weighted by atomic mass is 10.00. The third-order valence-electron chi connectivity index (χ3n) is 3.02. The van der Waals surface area contributed by atoms with Gasteiger partial charge in [0.05, 0.1) is 5.69 Å². The van der Waals surface area contributed by atoms with Gasteiger partial charge in [-0.2, -0.15) is 0 Å². The first kappa shape index (κ1) is 14.0. The van der Waals surface area contributed by atoms with Gasteiger partial charge < -0.3 is 5.11 Å². The molecular formula is C14H14ClNO2S. The van der Waals surface area contributed by atoms with E-state index in [0.717, 1.165) is 16.1 Å². The number of rotatable bonds is 4. The third kappa shape index (κ3) is 3.14. The number of aliphatic carboxylic acids is 1. The second-order valence-corrected chi connectivity index (χ2v) is 6.02. The minimum atomic E-state index is -0.867. The van der Waals surface area contributed by atoms with Gasteiger partial charge in [0.15, 0.2) is 0 Å². The van der Waals surface area contributed by atoms with Gasteiger partial charge >= 0.3 is 5.97 Å². The highest BCUT2D eigenvalue weighted by Gasteiger charge is 2.25. The maximum absolute atomic E-state index is 11.5. The summed E-state index contributed by atoms with van der Waals surface area (Å²) in [6, 6.07) is 7.32. The molecule has 0 fully saturated rings. The number of halogens is 1. The SMILES string of the molecule is Cc1nc(C(Cc2ccccc2Cl)C(=O)O)sc1C. The molecule has 2 rings (SSSR count). The van der Waals surface area contributed by atoms with Crippen LogP contribution in [0.2, 0.25) is 5.02 Å². The van der Waals surface area contributed by atoms with E-state index in [0.29, 0.717) is 16.5 Å². The molecule has 1 aromatic heterocycles. The maximum atomic E-state index is 11.5. The van der Waals surface area contributed by atoms with Crippen LogP contribution in [0.15, 0.2) is 24.3 Å². The molecule has 0 saturated heterocycles. The molecule has 1 N–H and O–H groups in total. The van der Waals surface area contributed by atoms with Crippen LogP contribution in [0.1, 0.15) is 27.1 Å². The Morgan fingerprint density at radius 1 is 1.42 bits per heavy atom. The number of carbonyl (C=O) groups is 1. The average molecular weight is 296 g/mol. The molecule has 0 aliphatic rings. The van der Waals surface area contributed by atoms with Crippen LogP contribution in [-0.4, -0.2) is 16.1 Å².